The molecule has 1 aromatic carbocycles. The van der Waals surface area contributed by atoms with Crippen molar-refractivity contribution in [1.82, 2.24) is 15.0 Å². The van der Waals surface area contributed by atoms with E-state index in [-0.39, 0.29) is 0 Å². The fourth-order valence-electron chi connectivity index (χ4n) is 3.16. The highest BCUT2D eigenvalue weighted by Gasteiger charge is 2.32. The van der Waals surface area contributed by atoms with Gasteiger partial charge in [-0.1, -0.05) is 0 Å². The molecule has 0 saturated carbocycles. The SMILES string of the molecule is COc1ccc2ncnc(N3CCc4ncc(C(F)(F)F)cc4C3)c2c1. The summed E-state index contributed by atoms with van der Waals surface area (Å²) in [7, 11) is 1.58. The summed E-state index contributed by atoms with van der Waals surface area (Å²) in [5.74, 6) is 1.35. The second-order valence-corrected chi connectivity index (χ2v) is 6.08. The maximum absolute atomic E-state index is 13.0. The zero-order valence-electron chi connectivity index (χ0n) is 13.9. The van der Waals surface area contributed by atoms with Crippen molar-refractivity contribution in [3.8, 4) is 5.75 Å². The van der Waals surface area contributed by atoms with E-state index >= 15 is 0 Å². The van der Waals surface area contributed by atoms with Gasteiger partial charge in [-0.25, -0.2) is 9.97 Å². The lowest BCUT2D eigenvalue weighted by atomic mass is 10.0. The van der Waals surface area contributed by atoms with Crippen LogP contribution in [-0.2, 0) is 19.1 Å². The quantitative estimate of drug-likeness (QED) is 0.699. The van der Waals surface area contributed by atoms with Crippen LogP contribution in [0.1, 0.15) is 16.8 Å². The summed E-state index contributed by atoms with van der Waals surface area (Å²) < 4.78 is 44.2. The van der Waals surface area contributed by atoms with E-state index in [0.717, 1.165) is 17.1 Å². The highest BCUT2D eigenvalue weighted by molar-refractivity contribution is 5.90. The first kappa shape index (κ1) is 16.6. The van der Waals surface area contributed by atoms with Crippen LogP contribution in [0.15, 0.2) is 36.8 Å². The molecule has 134 valence electrons. The van der Waals surface area contributed by atoms with Crippen LogP contribution in [0.3, 0.4) is 0 Å². The molecule has 0 unspecified atom stereocenters. The number of hydrogen-bond donors (Lipinski definition) is 0. The Balaban J connectivity index is 1.74. The van der Waals surface area contributed by atoms with Crippen molar-refractivity contribution < 1.29 is 17.9 Å². The van der Waals surface area contributed by atoms with Crippen molar-refractivity contribution in [1.29, 1.82) is 0 Å². The third-order valence-corrected chi connectivity index (χ3v) is 4.49. The third kappa shape index (κ3) is 2.91. The monoisotopic (exact) mass is 360 g/mol. The van der Waals surface area contributed by atoms with Gasteiger partial charge in [0, 0.05) is 36.8 Å². The summed E-state index contributed by atoms with van der Waals surface area (Å²) in [4.78, 5) is 14.6. The van der Waals surface area contributed by atoms with Crippen LogP contribution >= 0.6 is 0 Å². The molecule has 0 N–H and O–H groups in total. The Labute approximate surface area is 147 Å². The lowest BCUT2D eigenvalue weighted by Gasteiger charge is -2.30. The summed E-state index contributed by atoms with van der Waals surface area (Å²) >= 11 is 0. The van der Waals surface area contributed by atoms with Gasteiger partial charge >= 0.3 is 6.18 Å². The summed E-state index contributed by atoms with van der Waals surface area (Å²) in [5.41, 5.74) is 1.29. The van der Waals surface area contributed by atoms with Gasteiger partial charge in [-0.15, -0.1) is 0 Å². The number of aromatic nitrogens is 3. The van der Waals surface area contributed by atoms with Crippen molar-refractivity contribution in [2.75, 3.05) is 18.6 Å². The van der Waals surface area contributed by atoms with Crippen LogP contribution in [0.5, 0.6) is 5.75 Å². The molecule has 0 fully saturated rings. The van der Waals surface area contributed by atoms with Crippen molar-refractivity contribution in [2.24, 2.45) is 0 Å². The van der Waals surface area contributed by atoms with E-state index in [2.05, 4.69) is 15.0 Å². The number of ether oxygens (including phenoxy) is 1. The second kappa shape index (κ2) is 6.12. The minimum absolute atomic E-state index is 0.315. The van der Waals surface area contributed by atoms with Gasteiger partial charge in [-0.2, -0.15) is 13.2 Å². The topological polar surface area (TPSA) is 51.1 Å². The molecule has 1 aliphatic heterocycles. The molecule has 26 heavy (non-hydrogen) atoms. The van der Waals surface area contributed by atoms with Gasteiger partial charge in [0.25, 0.3) is 0 Å². The van der Waals surface area contributed by atoms with E-state index in [9.17, 15) is 13.2 Å². The molecular weight excluding hydrogens is 345 g/mol. The minimum Gasteiger partial charge on any atom is -0.497 e. The van der Waals surface area contributed by atoms with E-state index in [1.807, 2.05) is 23.1 Å². The van der Waals surface area contributed by atoms with E-state index in [4.69, 9.17) is 4.74 Å². The number of alkyl halides is 3. The average Bonchev–Trinajstić information content (AvgIpc) is 2.65. The molecule has 0 amide bonds. The van der Waals surface area contributed by atoms with Gasteiger partial charge in [0.05, 0.1) is 18.2 Å². The van der Waals surface area contributed by atoms with E-state index in [0.29, 0.717) is 42.3 Å². The van der Waals surface area contributed by atoms with Crippen LogP contribution in [0.2, 0.25) is 0 Å². The van der Waals surface area contributed by atoms with Crippen molar-refractivity contribution in [3.05, 3.63) is 53.6 Å². The summed E-state index contributed by atoms with van der Waals surface area (Å²) in [6, 6.07) is 6.66. The van der Waals surface area contributed by atoms with E-state index in [1.54, 1.807) is 7.11 Å². The number of pyridine rings is 1. The molecule has 1 aliphatic rings. The first-order valence-corrected chi connectivity index (χ1v) is 8.04. The maximum atomic E-state index is 13.0. The maximum Gasteiger partial charge on any atom is 0.417 e. The second-order valence-electron chi connectivity index (χ2n) is 6.08. The van der Waals surface area contributed by atoms with Crippen molar-refractivity contribution in [3.63, 3.8) is 0 Å². The fraction of sp³-hybridized carbons (Fsp3) is 0.278. The van der Waals surface area contributed by atoms with Crippen LogP contribution in [0.4, 0.5) is 19.0 Å². The first-order chi connectivity index (χ1) is 12.5. The molecule has 2 aromatic heterocycles. The first-order valence-electron chi connectivity index (χ1n) is 8.04. The lowest BCUT2D eigenvalue weighted by molar-refractivity contribution is -0.137. The number of methoxy groups -OCH3 is 1. The molecule has 0 atom stereocenters. The zero-order chi connectivity index (χ0) is 18.3. The molecule has 5 nitrogen and oxygen atoms in total. The van der Waals surface area contributed by atoms with Crippen LogP contribution in [-0.4, -0.2) is 28.6 Å². The zero-order valence-corrected chi connectivity index (χ0v) is 13.9. The average molecular weight is 360 g/mol. The predicted molar refractivity (Wildman–Crippen MR) is 90.1 cm³/mol. The molecule has 8 heteroatoms. The van der Waals surface area contributed by atoms with Crippen LogP contribution in [0.25, 0.3) is 10.9 Å². The number of benzene rings is 1. The Hall–Kier alpha value is -2.90. The Morgan fingerprint density at radius 1 is 1.12 bits per heavy atom. The van der Waals surface area contributed by atoms with Crippen LogP contribution in [0, 0.1) is 0 Å². The van der Waals surface area contributed by atoms with Crippen LogP contribution < -0.4 is 9.64 Å². The number of rotatable bonds is 2. The van der Waals surface area contributed by atoms with Crippen molar-refractivity contribution in [2.45, 2.75) is 19.1 Å². The number of halogens is 3. The highest BCUT2D eigenvalue weighted by atomic mass is 19.4. The predicted octanol–water partition coefficient (Wildman–Crippen LogP) is 3.61. The molecule has 0 aliphatic carbocycles. The summed E-state index contributed by atoms with van der Waals surface area (Å²) in [6.07, 6.45) is -1.48. The van der Waals surface area contributed by atoms with Gasteiger partial charge in [-0.3, -0.25) is 4.98 Å². The highest BCUT2D eigenvalue weighted by Crippen LogP contribution is 2.33. The molecule has 3 heterocycles. The number of anilines is 1. The van der Waals surface area contributed by atoms with Crippen molar-refractivity contribution >= 4 is 16.7 Å². The Morgan fingerprint density at radius 3 is 2.73 bits per heavy atom. The Kier molecular flexibility index (Phi) is 3.90. The van der Waals surface area contributed by atoms with Gasteiger partial charge in [0.1, 0.15) is 17.9 Å². The van der Waals surface area contributed by atoms with E-state index in [1.165, 1.54) is 12.4 Å². The smallest absolute Gasteiger partial charge is 0.417 e. The van der Waals surface area contributed by atoms with Gasteiger partial charge in [0.15, 0.2) is 0 Å². The molecule has 0 bridgehead atoms. The standard InChI is InChI=1S/C18H15F3N4O/c1-26-13-2-3-16-14(7-13)17(24-10-23-16)25-5-4-15-11(9-25)6-12(8-22-15)18(19,20)21/h2-3,6-8,10H,4-5,9H2,1H3. The molecule has 4 rings (SSSR count). The number of fused-ring (bicyclic) bond motifs is 2. The summed E-state index contributed by atoms with van der Waals surface area (Å²) in [6.45, 7) is 0.935. The summed E-state index contributed by atoms with van der Waals surface area (Å²) in [5, 5.41) is 0.801. The molecule has 0 spiro atoms. The lowest BCUT2D eigenvalue weighted by Crippen LogP contribution is -2.32. The molecule has 0 saturated heterocycles. The Morgan fingerprint density at radius 2 is 1.96 bits per heavy atom. The molecule has 0 radical (unpaired) electrons. The number of nitrogens with zero attached hydrogens (tertiary/aromatic N) is 4. The Bertz CT molecular complexity index is 974. The minimum atomic E-state index is -4.40. The normalized spacial score (nSPS) is 14.4. The third-order valence-electron chi connectivity index (χ3n) is 4.49. The fourth-order valence-corrected chi connectivity index (χ4v) is 3.16. The number of hydrogen-bond acceptors (Lipinski definition) is 5. The van der Waals surface area contributed by atoms with E-state index < -0.39 is 11.7 Å². The molecular formula is C18H15F3N4O. The molecule has 3 aromatic rings. The van der Waals surface area contributed by atoms with Gasteiger partial charge in [-0.05, 0) is 29.8 Å². The van der Waals surface area contributed by atoms with Gasteiger partial charge in [0.2, 0.25) is 0 Å². The van der Waals surface area contributed by atoms with Gasteiger partial charge < -0.3 is 9.64 Å². The largest absolute Gasteiger partial charge is 0.497 e.